The van der Waals surface area contributed by atoms with Crippen molar-refractivity contribution < 1.29 is 22.4 Å². The lowest BCUT2D eigenvalue weighted by atomic mass is 10.1. The number of carbonyl (C=O) groups is 1. The van der Waals surface area contributed by atoms with Gasteiger partial charge in [0, 0.05) is 18.2 Å². The molecule has 0 radical (unpaired) electrons. The Labute approximate surface area is 101 Å². The topological polar surface area (TPSA) is 55.1 Å². The van der Waals surface area contributed by atoms with Crippen LogP contribution in [0.3, 0.4) is 0 Å². The molecule has 1 rings (SSSR count). The lowest BCUT2D eigenvalue weighted by Gasteiger charge is -2.19. The highest BCUT2D eigenvalue weighted by molar-refractivity contribution is 5.94. The van der Waals surface area contributed by atoms with Crippen LogP contribution in [0.2, 0.25) is 0 Å². The largest absolute Gasteiger partial charge is 0.350 e. The maximum Gasteiger partial charge on any atom is 0.257 e. The van der Waals surface area contributed by atoms with Crippen molar-refractivity contribution in [1.82, 2.24) is 5.32 Å². The van der Waals surface area contributed by atoms with E-state index in [2.05, 4.69) is 5.32 Å². The smallest absolute Gasteiger partial charge is 0.257 e. The van der Waals surface area contributed by atoms with Gasteiger partial charge in [-0.1, -0.05) is 0 Å². The van der Waals surface area contributed by atoms with E-state index in [1.54, 1.807) is 13.8 Å². The van der Waals surface area contributed by atoms with Crippen LogP contribution in [0, 0.1) is 23.3 Å². The molecule has 0 aliphatic heterocycles. The molecule has 0 unspecified atom stereocenters. The van der Waals surface area contributed by atoms with Crippen LogP contribution in [0.25, 0.3) is 0 Å². The van der Waals surface area contributed by atoms with Gasteiger partial charge < -0.3 is 11.1 Å². The summed E-state index contributed by atoms with van der Waals surface area (Å²) in [6.45, 7) is 3.02. The molecule has 0 aromatic heterocycles. The number of nitrogens with two attached hydrogens (primary N) is 1. The number of rotatable bonds is 3. The van der Waals surface area contributed by atoms with E-state index < -0.39 is 40.3 Å². The van der Waals surface area contributed by atoms with Crippen molar-refractivity contribution in [3.63, 3.8) is 0 Å². The molecule has 100 valence electrons. The minimum atomic E-state index is -1.73. The maximum absolute atomic E-state index is 13.2. The number of halogens is 4. The number of hydrogen-bond acceptors (Lipinski definition) is 2. The fraction of sp³-hybridized carbons (Fsp3) is 0.364. The van der Waals surface area contributed by atoms with Crippen LogP contribution in [0.15, 0.2) is 6.07 Å². The van der Waals surface area contributed by atoms with E-state index in [4.69, 9.17) is 5.73 Å². The Kier molecular flexibility index (Phi) is 3.95. The number of carbonyl (C=O) groups excluding carboxylic acids is 1. The normalized spacial score (nSPS) is 11.5. The Hall–Kier alpha value is -1.63. The van der Waals surface area contributed by atoms with Crippen molar-refractivity contribution in [2.75, 3.05) is 6.54 Å². The third kappa shape index (κ3) is 3.19. The molecular formula is C11H12F4N2O. The Bertz CT molecular complexity index is 457. The van der Waals surface area contributed by atoms with Gasteiger partial charge in [0.25, 0.3) is 5.91 Å². The highest BCUT2D eigenvalue weighted by Gasteiger charge is 2.25. The summed E-state index contributed by atoms with van der Waals surface area (Å²) in [5, 5.41) is 2.10. The predicted molar refractivity (Wildman–Crippen MR) is 56.9 cm³/mol. The van der Waals surface area contributed by atoms with Crippen LogP contribution in [0.1, 0.15) is 24.2 Å². The number of amides is 1. The average molecular weight is 264 g/mol. The van der Waals surface area contributed by atoms with Gasteiger partial charge in [0.2, 0.25) is 0 Å². The van der Waals surface area contributed by atoms with E-state index in [-0.39, 0.29) is 12.6 Å². The van der Waals surface area contributed by atoms with Crippen LogP contribution < -0.4 is 11.1 Å². The number of nitrogens with one attached hydrogen (secondary N) is 1. The highest BCUT2D eigenvalue weighted by atomic mass is 19.2. The molecule has 0 heterocycles. The summed E-state index contributed by atoms with van der Waals surface area (Å²) in [4.78, 5) is 11.5. The van der Waals surface area contributed by atoms with Crippen molar-refractivity contribution in [3.8, 4) is 0 Å². The third-order valence-corrected chi connectivity index (χ3v) is 2.04. The molecule has 0 bridgehead atoms. The molecule has 18 heavy (non-hydrogen) atoms. The summed E-state index contributed by atoms with van der Waals surface area (Å²) >= 11 is 0. The molecule has 0 atom stereocenters. The standard InChI is InChI=1S/C11H12F4N2O/c1-11(2,16)4-17-10(18)7-8(14)5(12)3-6(13)9(7)15/h3H,4,16H2,1-2H3,(H,17,18). The average Bonchev–Trinajstić information content (AvgIpc) is 2.23. The van der Waals surface area contributed by atoms with Crippen molar-refractivity contribution in [1.29, 1.82) is 0 Å². The summed E-state index contributed by atoms with van der Waals surface area (Å²) in [6, 6.07) is 0.0360. The van der Waals surface area contributed by atoms with Gasteiger partial charge in [0.15, 0.2) is 23.3 Å². The van der Waals surface area contributed by atoms with Crippen LogP contribution in [0.5, 0.6) is 0 Å². The molecule has 1 aromatic carbocycles. The van der Waals surface area contributed by atoms with E-state index in [0.717, 1.165) is 0 Å². The zero-order chi connectivity index (χ0) is 14.1. The van der Waals surface area contributed by atoms with Gasteiger partial charge in [-0.3, -0.25) is 4.79 Å². The van der Waals surface area contributed by atoms with Gasteiger partial charge in [-0.05, 0) is 13.8 Å². The summed E-state index contributed by atoms with van der Waals surface area (Å²) < 4.78 is 52.2. The SMILES string of the molecule is CC(C)(N)CNC(=O)c1c(F)c(F)cc(F)c1F. The summed E-state index contributed by atoms with van der Waals surface area (Å²) in [7, 11) is 0. The molecule has 1 amide bonds. The predicted octanol–water partition coefficient (Wildman–Crippen LogP) is 1.71. The zero-order valence-corrected chi connectivity index (χ0v) is 9.78. The molecule has 0 saturated heterocycles. The Morgan fingerprint density at radius 3 is 2.06 bits per heavy atom. The first kappa shape index (κ1) is 14.4. The second-order valence-electron chi connectivity index (χ2n) is 4.51. The molecule has 3 N–H and O–H groups in total. The lowest BCUT2D eigenvalue weighted by Crippen LogP contribution is -2.45. The van der Waals surface area contributed by atoms with Crippen molar-refractivity contribution in [2.45, 2.75) is 19.4 Å². The van der Waals surface area contributed by atoms with E-state index in [1.807, 2.05) is 0 Å². The Morgan fingerprint density at radius 2 is 1.67 bits per heavy atom. The van der Waals surface area contributed by atoms with Crippen LogP contribution in [-0.4, -0.2) is 18.0 Å². The number of hydrogen-bond donors (Lipinski definition) is 2. The molecule has 1 aromatic rings. The molecule has 7 heteroatoms. The first-order chi connectivity index (χ1) is 8.13. The highest BCUT2D eigenvalue weighted by Crippen LogP contribution is 2.19. The quantitative estimate of drug-likeness (QED) is 0.645. The zero-order valence-electron chi connectivity index (χ0n) is 9.78. The molecule has 0 saturated carbocycles. The molecule has 0 aliphatic carbocycles. The Morgan fingerprint density at radius 1 is 1.22 bits per heavy atom. The van der Waals surface area contributed by atoms with E-state index in [1.165, 1.54) is 0 Å². The molecular weight excluding hydrogens is 252 g/mol. The first-order valence-corrected chi connectivity index (χ1v) is 5.03. The molecule has 3 nitrogen and oxygen atoms in total. The van der Waals surface area contributed by atoms with E-state index in [9.17, 15) is 22.4 Å². The van der Waals surface area contributed by atoms with Crippen molar-refractivity contribution in [3.05, 3.63) is 34.9 Å². The summed E-state index contributed by atoms with van der Waals surface area (Å²) in [5.41, 5.74) is 3.43. The van der Waals surface area contributed by atoms with Gasteiger partial charge in [-0.15, -0.1) is 0 Å². The van der Waals surface area contributed by atoms with Crippen LogP contribution >= 0.6 is 0 Å². The maximum atomic E-state index is 13.2. The van der Waals surface area contributed by atoms with Gasteiger partial charge >= 0.3 is 0 Å². The molecule has 0 aliphatic rings. The molecule has 0 spiro atoms. The third-order valence-electron chi connectivity index (χ3n) is 2.04. The second kappa shape index (κ2) is 4.93. The minimum absolute atomic E-state index is 0.0360. The molecule has 0 fully saturated rings. The van der Waals surface area contributed by atoms with Crippen molar-refractivity contribution >= 4 is 5.91 Å². The monoisotopic (exact) mass is 264 g/mol. The summed E-state index contributed by atoms with van der Waals surface area (Å²) in [6.07, 6.45) is 0. The van der Waals surface area contributed by atoms with Gasteiger partial charge in [-0.2, -0.15) is 0 Å². The van der Waals surface area contributed by atoms with Gasteiger partial charge in [0.05, 0.1) is 0 Å². The fourth-order valence-electron chi connectivity index (χ4n) is 1.17. The van der Waals surface area contributed by atoms with Gasteiger partial charge in [0.1, 0.15) is 5.56 Å². The summed E-state index contributed by atoms with van der Waals surface area (Å²) in [5.74, 6) is -8.00. The van der Waals surface area contributed by atoms with Crippen molar-refractivity contribution in [2.24, 2.45) is 5.73 Å². The second-order valence-corrected chi connectivity index (χ2v) is 4.51. The number of benzene rings is 1. The van der Waals surface area contributed by atoms with E-state index >= 15 is 0 Å². The van der Waals surface area contributed by atoms with Gasteiger partial charge in [-0.25, -0.2) is 17.6 Å². The lowest BCUT2D eigenvalue weighted by molar-refractivity contribution is 0.0935. The van der Waals surface area contributed by atoms with E-state index in [0.29, 0.717) is 0 Å². The minimum Gasteiger partial charge on any atom is -0.350 e. The van der Waals surface area contributed by atoms with Crippen LogP contribution in [0.4, 0.5) is 17.6 Å². The first-order valence-electron chi connectivity index (χ1n) is 5.03. The van der Waals surface area contributed by atoms with Crippen LogP contribution in [-0.2, 0) is 0 Å². The Balaban J connectivity index is 3.06. The fourth-order valence-corrected chi connectivity index (χ4v) is 1.17.